The first-order chi connectivity index (χ1) is 6.35. The first kappa shape index (κ1) is 12.9. The fourth-order valence-electron chi connectivity index (χ4n) is 1.26. The molecule has 0 aliphatic rings. The summed E-state index contributed by atoms with van der Waals surface area (Å²) < 4.78 is 4.60. The van der Waals surface area contributed by atoms with E-state index in [0.717, 1.165) is 0 Å². The molecule has 1 unspecified atom stereocenters. The van der Waals surface area contributed by atoms with Gasteiger partial charge in [0.1, 0.15) is 0 Å². The van der Waals surface area contributed by atoms with E-state index >= 15 is 0 Å². The zero-order valence-corrected chi connectivity index (χ0v) is 9.16. The van der Waals surface area contributed by atoms with E-state index in [1.807, 2.05) is 6.92 Å². The van der Waals surface area contributed by atoms with Gasteiger partial charge in [-0.15, -0.1) is 0 Å². The number of carbonyl (C=O) groups is 2. The highest BCUT2D eigenvalue weighted by atomic mass is 16.5. The van der Waals surface area contributed by atoms with Crippen molar-refractivity contribution >= 4 is 11.9 Å². The number of esters is 1. The fourth-order valence-corrected chi connectivity index (χ4v) is 1.26. The minimum absolute atomic E-state index is 0.311. The molecule has 0 radical (unpaired) electrons. The Kier molecular flexibility index (Phi) is 4.60. The normalized spacial score (nSPS) is 13.4. The van der Waals surface area contributed by atoms with Gasteiger partial charge in [0, 0.05) is 0 Å². The van der Waals surface area contributed by atoms with Gasteiger partial charge in [0.25, 0.3) is 0 Å². The summed E-state index contributed by atoms with van der Waals surface area (Å²) in [6, 6.07) is 0. The van der Waals surface area contributed by atoms with E-state index in [9.17, 15) is 9.59 Å². The van der Waals surface area contributed by atoms with Crippen molar-refractivity contribution < 1.29 is 19.4 Å². The SMILES string of the molecule is CCC(CC(C)(C)C(=O)O)C(=O)OC. The average Bonchev–Trinajstić information content (AvgIpc) is 2.12. The molecule has 0 spiro atoms. The van der Waals surface area contributed by atoms with Crippen LogP contribution in [0, 0.1) is 11.3 Å². The minimum Gasteiger partial charge on any atom is -0.481 e. The maximum absolute atomic E-state index is 11.2. The van der Waals surface area contributed by atoms with Crippen molar-refractivity contribution in [3.63, 3.8) is 0 Å². The predicted molar refractivity (Wildman–Crippen MR) is 51.8 cm³/mol. The zero-order chi connectivity index (χ0) is 11.4. The Morgan fingerprint density at radius 2 is 1.93 bits per heavy atom. The van der Waals surface area contributed by atoms with Crippen molar-refractivity contribution in [2.45, 2.75) is 33.6 Å². The summed E-state index contributed by atoms with van der Waals surface area (Å²) in [5, 5.41) is 8.89. The van der Waals surface area contributed by atoms with Gasteiger partial charge >= 0.3 is 11.9 Å². The molecule has 0 rings (SSSR count). The van der Waals surface area contributed by atoms with E-state index in [-0.39, 0.29) is 11.9 Å². The average molecular weight is 202 g/mol. The van der Waals surface area contributed by atoms with Crippen LogP contribution in [0.15, 0.2) is 0 Å². The van der Waals surface area contributed by atoms with Gasteiger partial charge < -0.3 is 9.84 Å². The second-order valence-electron chi connectivity index (χ2n) is 4.02. The number of rotatable bonds is 5. The van der Waals surface area contributed by atoms with Crippen LogP contribution in [-0.2, 0) is 14.3 Å². The molecule has 0 aromatic carbocycles. The fraction of sp³-hybridized carbons (Fsp3) is 0.800. The molecule has 0 aromatic heterocycles. The molecule has 1 N–H and O–H groups in total. The predicted octanol–water partition coefficient (Wildman–Crippen LogP) is 1.69. The quantitative estimate of drug-likeness (QED) is 0.689. The van der Waals surface area contributed by atoms with Crippen molar-refractivity contribution in [1.29, 1.82) is 0 Å². The first-order valence-electron chi connectivity index (χ1n) is 4.66. The molecule has 14 heavy (non-hydrogen) atoms. The van der Waals surface area contributed by atoms with E-state index in [0.29, 0.717) is 12.8 Å². The molecule has 0 heterocycles. The van der Waals surface area contributed by atoms with Gasteiger partial charge in [0.05, 0.1) is 18.4 Å². The molecule has 0 saturated heterocycles. The third kappa shape index (κ3) is 3.36. The van der Waals surface area contributed by atoms with Gasteiger partial charge in [-0.25, -0.2) is 0 Å². The lowest BCUT2D eigenvalue weighted by Crippen LogP contribution is -2.30. The molecule has 0 fully saturated rings. The van der Waals surface area contributed by atoms with Gasteiger partial charge in [-0.3, -0.25) is 9.59 Å². The number of carboxylic acid groups (broad SMARTS) is 1. The summed E-state index contributed by atoms with van der Waals surface area (Å²) >= 11 is 0. The zero-order valence-electron chi connectivity index (χ0n) is 9.16. The Morgan fingerprint density at radius 1 is 1.43 bits per heavy atom. The van der Waals surface area contributed by atoms with Crippen LogP contribution in [-0.4, -0.2) is 24.2 Å². The maximum atomic E-state index is 11.2. The number of carboxylic acids is 1. The van der Waals surface area contributed by atoms with Crippen LogP contribution in [0.2, 0.25) is 0 Å². The number of aliphatic carboxylic acids is 1. The minimum atomic E-state index is -0.889. The standard InChI is InChI=1S/C10H18O4/c1-5-7(8(11)14-4)6-10(2,3)9(12)13/h7H,5-6H2,1-4H3,(H,12,13). The molecule has 1 atom stereocenters. The van der Waals surface area contributed by atoms with Crippen LogP contribution in [0.3, 0.4) is 0 Å². The van der Waals surface area contributed by atoms with E-state index < -0.39 is 11.4 Å². The van der Waals surface area contributed by atoms with Crippen molar-refractivity contribution in [3.05, 3.63) is 0 Å². The van der Waals surface area contributed by atoms with E-state index in [4.69, 9.17) is 5.11 Å². The van der Waals surface area contributed by atoms with Gasteiger partial charge in [0.15, 0.2) is 0 Å². The second kappa shape index (κ2) is 4.98. The second-order valence-corrected chi connectivity index (χ2v) is 4.02. The highest BCUT2D eigenvalue weighted by molar-refractivity contribution is 5.76. The summed E-state index contributed by atoms with van der Waals surface area (Å²) in [4.78, 5) is 22.1. The van der Waals surface area contributed by atoms with Gasteiger partial charge in [-0.2, -0.15) is 0 Å². The summed E-state index contributed by atoms with van der Waals surface area (Å²) in [5.41, 5.74) is -0.880. The van der Waals surface area contributed by atoms with E-state index in [1.165, 1.54) is 7.11 Å². The van der Waals surface area contributed by atoms with Crippen LogP contribution < -0.4 is 0 Å². The molecule has 0 saturated carbocycles. The van der Waals surface area contributed by atoms with Gasteiger partial charge in [-0.05, 0) is 26.7 Å². The Labute approximate surface area is 84.3 Å². The van der Waals surface area contributed by atoms with Crippen LogP contribution in [0.4, 0.5) is 0 Å². The molecule has 0 aliphatic heterocycles. The number of ether oxygens (including phenoxy) is 1. The topological polar surface area (TPSA) is 63.6 Å². The smallest absolute Gasteiger partial charge is 0.309 e. The number of methoxy groups -OCH3 is 1. The summed E-state index contributed by atoms with van der Waals surface area (Å²) in [6.07, 6.45) is 0.912. The van der Waals surface area contributed by atoms with Crippen LogP contribution in [0.5, 0.6) is 0 Å². The van der Waals surface area contributed by atoms with Gasteiger partial charge in [-0.1, -0.05) is 6.92 Å². The first-order valence-corrected chi connectivity index (χ1v) is 4.66. The summed E-state index contributed by atoms with van der Waals surface area (Å²) in [7, 11) is 1.32. The van der Waals surface area contributed by atoms with Crippen molar-refractivity contribution in [2.75, 3.05) is 7.11 Å². The van der Waals surface area contributed by atoms with Crippen molar-refractivity contribution in [3.8, 4) is 0 Å². The lowest BCUT2D eigenvalue weighted by atomic mass is 9.82. The maximum Gasteiger partial charge on any atom is 0.309 e. The largest absolute Gasteiger partial charge is 0.481 e. The molecule has 0 amide bonds. The van der Waals surface area contributed by atoms with Crippen molar-refractivity contribution in [2.24, 2.45) is 11.3 Å². The molecule has 0 bridgehead atoms. The third-order valence-corrected chi connectivity index (χ3v) is 2.36. The molecule has 4 nitrogen and oxygen atoms in total. The molecule has 4 heteroatoms. The highest BCUT2D eigenvalue weighted by Crippen LogP contribution is 2.28. The van der Waals surface area contributed by atoms with E-state index in [1.54, 1.807) is 13.8 Å². The molecule has 0 aromatic rings. The van der Waals surface area contributed by atoms with Crippen molar-refractivity contribution in [1.82, 2.24) is 0 Å². The third-order valence-electron chi connectivity index (χ3n) is 2.36. The van der Waals surface area contributed by atoms with E-state index in [2.05, 4.69) is 4.74 Å². The van der Waals surface area contributed by atoms with Crippen LogP contribution in [0.1, 0.15) is 33.6 Å². The van der Waals surface area contributed by atoms with Crippen LogP contribution >= 0.6 is 0 Å². The monoisotopic (exact) mass is 202 g/mol. The van der Waals surface area contributed by atoms with Crippen LogP contribution in [0.25, 0.3) is 0 Å². The summed E-state index contributed by atoms with van der Waals surface area (Å²) in [5.74, 6) is -1.55. The molecule has 0 aliphatic carbocycles. The number of hydrogen-bond acceptors (Lipinski definition) is 3. The summed E-state index contributed by atoms with van der Waals surface area (Å²) in [6.45, 7) is 5.07. The Balaban J connectivity index is 4.46. The number of carbonyl (C=O) groups excluding carboxylic acids is 1. The molecular formula is C10H18O4. The molecule has 82 valence electrons. The Bertz CT molecular complexity index is 220. The van der Waals surface area contributed by atoms with Gasteiger partial charge in [0.2, 0.25) is 0 Å². The lowest BCUT2D eigenvalue weighted by molar-refractivity contribution is -0.152. The highest BCUT2D eigenvalue weighted by Gasteiger charge is 2.33. The Hall–Kier alpha value is -1.06. The Morgan fingerprint density at radius 3 is 2.21 bits per heavy atom. The lowest BCUT2D eigenvalue weighted by Gasteiger charge is -2.23. The number of hydrogen-bond donors (Lipinski definition) is 1. The molecular weight excluding hydrogens is 184 g/mol.